The van der Waals surface area contributed by atoms with Crippen molar-refractivity contribution in [2.45, 2.75) is 4.90 Å². The van der Waals surface area contributed by atoms with E-state index in [0.717, 1.165) is 6.26 Å². The third-order valence-corrected chi connectivity index (χ3v) is 4.33. The maximum atomic E-state index is 12.3. The van der Waals surface area contributed by atoms with Crippen molar-refractivity contribution in [2.24, 2.45) is 0 Å². The molecule has 5 nitrogen and oxygen atoms in total. The molecule has 1 amide bonds. The summed E-state index contributed by atoms with van der Waals surface area (Å²) in [5.74, 6) is -0.265. The molecular weight excluding hydrogens is 290 g/mol. The highest BCUT2D eigenvalue weighted by Gasteiger charge is 2.22. The van der Waals surface area contributed by atoms with Crippen LogP contribution in [-0.2, 0) is 14.6 Å². The third kappa shape index (κ3) is 3.26. The molecule has 1 aliphatic heterocycles. The van der Waals surface area contributed by atoms with Crippen LogP contribution in [0.2, 0.25) is 5.02 Å². The van der Waals surface area contributed by atoms with Crippen molar-refractivity contribution in [2.75, 3.05) is 32.6 Å². The molecule has 0 aliphatic carbocycles. The number of carbonyl (C=O) groups is 1. The van der Waals surface area contributed by atoms with Crippen molar-refractivity contribution < 1.29 is 17.9 Å². The largest absolute Gasteiger partial charge is 0.378 e. The quantitative estimate of drug-likeness (QED) is 0.824. The first-order chi connectivity index (χ1) is 8.89. The minimum atomic E-state index is -3.36. The van der Waals surface area contributed by atoms with Crippen LogP contribution in [0.4, 0.5) is 0 Å². The molecule has 104 valence electrons. The molecule has 1 aliphatic rings. The fraction of sp³-hybridized carbons (Fsp3) is 0.417. The van der Waals surface area contributed by atoms with Crippen molar-refractivity contribution in [3.8, 4) is 0 Å². The van der Waals surface area contributed by atoms with Crippen LogP contribution in [0.3, 0.4) is 0 Å². The number of nitrogens with zero attached hydrogens (tertiary/aromatic N) is 1. The van der Waals surface area contributed by atoms with Crippen LogP contribution >= 0.6 is 11.6 Å². The summed E-state index contributed by atoms with van der Waals surface area (Å²) in [5, 5.41) is 0.254. The molecule has 1 heterocycles. The van der Waals surface area contributed by atoms with Crippen LogP contribution in [0.15, 0.2) is 23.1 Å². The number of halogens is 1. The standard InChI is InChI=1S/C12H14ClNO4S/c1-19(16,17)9-2-3-11(13)10(8-9)12(15)14-4-6-18-7-5-14/h2-3,8H,4-7H2,1H3. The molecule has 1 fully saturated rings. The normalized spacial score (nSPS) is 16.4. The summed E-state index contributed by atoms with van der Waals surface area (Å²) in [5.41, 5.74) is 0.214. The molecule has 2 rings (SSSR count). The number of ether oxygens (including phenoxy) is 1. The maximum Gasteiger partial charge on any atom is 0.255 e. The van der Waals surface area contributed by atoms with E-state index in [4.69, 9.17) is 16.3 Å². The van der Waals surface area contributed by atoms with Gasteiger partial charge in [-0.15, -0.1) is 0 Å². The fourth-order valence-electron chi connectivity index (χ4n) is 1.84. The molecule has 0 bridgehead atoms. The van der Waals surface area contributed by atoms with E-state index in [1.54, 1.807) is 4.90 Å². The van der Waals surface area contributed by atoms with Gasteiger partial charge in [-0.05, 0) is 18.2 Å². The Balaban J connectivity index is 2.35. The van der Waals surface area contributed by atoms with Crippen LogP contribution in [0.25, 0.3) is 0 Å². The van der Waals surface area contributed by atoms with Crippen LogP contribution in [0.1, 0.15) is 10.4 Å². The second-order valence-corrected chi connectivity index (χ2v) is 6.74. The van der Waals surface area contributed by atoms with Gasteiger partial charge >= 0.3 is 0 Å². The second kappa shape index (κ2) is 5.48. The van der Waals surface area contributed by atoms with Gasteiger partial charge in [0.15, 0.2) is 9.84 Å². The van der Waals surface area contributed by atoms with Gasteiger partial charge in [0.05, 0.1) is 28.7 Å². The number of hydrogen-bond donors (Lipinski definition) is 0. The molecule has 7 heteroatoms. The molecule has 0 aromatic heterocycles. The van der Waals surface area contributed by atoms with Gasteiger partial charge in [0.2, 0.25) is 0 Å². The van der Waals surface area contributed by atoms with Gasteiger partial charge < -0.3 is 9.64 Å². The zero-order chi connectivity index (χ0) is 14.0. The highest BCUT2D eigenvalue weighted by molar-refractivity contribution is 7.90. The molecule has 19 heavy (non-hydrogen) atoms. The molecular formula is C12H14ClNO4S. The van der Waals surface area contributed by atoms with E-state index in [1.807, 2.05) is 0 Å². The molecule has 1 aromatic carbocycles. The Morgan fingerprint density at radius 3 is 2.53 bits per heavy atom. The van der Waals surface area contributed by atoms with Crippen molar-refractivity contribution in [1.29, 1.82) is 0 Å². The van der Waals surface area contributed by atoms with E-state index >= 15 is 0 Å². The van der Waals surface area contributed by atoms with Gasteiger partial charge in [-0.25, -0.2) is 8.42 Å². The molecule has 0 N–H and O–H groups in total. The summed E-state index contributed by atoms with van der Waals surface area (Å²) in [4.78, 5) is 14.0. The average Bonchev–Trinajstić information content (AvgIpc) is 2.38. The third-order valence-electron chi connectivity index (χ3n) is 2.89. The van der Waals surface area contributed by atoms with E-state index in [0.29, 0.717) is 26.3 Å². The Hall–Kier alpha value is -1.11. The minimum Gasteiger partial charge on any atom is -0.378 e. The zero-order valence-corrected chi connectivity index (χ0v) is 12.0. The van der Waals surface area contributed by atoms with Crippen molar-refractivity contribution in [1.82, 2.24) is 4.90 Å². The highest BCUT2D eigenvalue weighted by Crippen LogP contribution is 2.22. The van der Waals surface area contributed by atoms with E-state index in [2.05, 4.69) is 0 Å². The monoisotopic (exact) mass is 303 g/mol. The lowest BCUT2D eigenvalue weighted by Crippen LogP contribution is -2.40. The van der Waals surface area contributed by atoms with Gasteiger partial charge in [-0.3, -0.25) is 4.79 Å². The molecule has 0 unspecified atom stereocenters. The Morgan fingerprint density at radius 1 is 1.32 bits per heavy atom. The summed E-state index contributed by atoms with van der Waals surface area (Å²) in [7, 11) is -3.36. The Bertz CT molecular complexity index is 594. The summed E-state index contributed by atoms with van der Waals surface area (Å²) in [6.45, 7) is 1.93. The first kappa shape index (κ1) is 14.3. The summed E-state index contributed by atoms with van der Waals surface area (Å²) < 4.78 is 28.2. The average molecular weight is 304 g/mol. The SMILES string of the molecule is CS(=O)(=O)c1ccc(Cl)c(C(=O)N2CCOCC2)c1. The van der Waals surface area contributed by atoms with Gasteiger partial charge in [0, 0.05) is 19.3 Å². The topological polar surface area (TPSA) is 63.7 Å². The smallest absolute Gasteiger partial charge is 0.255 e. The predicted molar refractivity (Wildman–Crippen MR) is 71.3 cm³/mol. The molecule has 0 atom stereocenters. The highest BCUT2D eigenvalue weighted by atomic mass is 35.5. The number of rotatable bonds is 2. The summed E-state index contributed by atoms with van der Waals surface area (Å²) in [6, 6.07) is 4.16. The van der Waals surface area contributed by atoms with Gasteiger partial charge in [0.25, 0.3) is 5.91 Å². The van der Waals surface area contributed by atoms with Crippen molar-refractivity contribution in [3.63, 3.8) is 0 Å². The Kier molecular flexibility index (Phi) is 4.13. The van der Waals surface area contributed by atoms with Gasteiger partial charge in [-0.2, -0.15) is 0 Å². The number of hydrogen-bond acceptors (Lipinski definition) is 4. The lowest BCUT2D eigenvalue weighted by atomic mass is 10.2. The van der Waals surface area contributed by atoms with E-state index < -0.39 is 9.84 Å². The van der Waals surface area contributed by atoms with Crippen molar-refractivity contribution >= 4 is 27.3 Å². The van der Waals surface area contributed by atoms with Crippen LogP contribution < -0.4 is 0 Å². The molecule has 1 saturated heterocycles. The summed E-state index contributed by atoms with van der Waals surface area (Å²) >= 11 is 5.99. The van der Waals surface area contributed by atoms with Gasteiger partial charge in [-0.1, -0.05) is 11.6 Å². The maximum absolute atomic E-state index is 12.3. The number of carbonyl (C=O) groups excluding carboxylic acids is 1. The lowest BCUT2D eigenvalue weighted by molar-refractivity contribution is 0.0303. The minimum absolute atomic E-state index is 0.0912. The first-order valence-corrected chi connectivity index (χ1v) is 8.03. The molecule has 0 spiro atoms. The van der Waals surface area contributed by atoms with Crippen LogP contribution in [0, 0.1) is 0 Å². The van der Waals surface area contributed by atoms with E-state index in [9.17, 15) is 13.2 Å². The lowest BCUT2D eigenvalue weighted by Gasteiger charge is -2.27. The number of amides is 1. The van der Waals surface area contributed by atoms with E-state index in [-0.39, 0.29) is 21.4 Å². The number of benzene rings is 1. The Labute approximate surface area is 117 Å². The van der Waals surface area contributed by atoms with Crippen molar-refractivity contribution in [3.05, 3.63) is 28.8 Å². The first-order valence-electron chi connectivity index (χ1n) is 5.76. The molecule has 1 aromatic rings. The van der Waals surface area contributed by atoms with E-state index in [1.165, 1.54) is 18.2 Å². The predicted octanol–water partition coefficient (Wildman–Crippen LogP) is 1.22. The fourth-order valence-corrected chi connectivity index (χ4v) is 2.68. The Morgan fingerprint density at radius 2 is 1.95 bits per heavy atom. The summed E-state index contributed by atoms with van der Waals surface area (Å²) in [6.07, 6.45) is 1.10. The zero-order valence-electron chi connectivity index (χ0n) is 10.4. The second-order valence-electron chi connectivity index (χ2n) is 4.32. The van der Waals surface area contributed by atoms with Crippen LogP contribution in [-0.4, -0.2) is 51.8 Å². The number of morpholine rings is 1. The molecule has 0 radical (unpaired) electrons. The van der Waals surface area contributed by atoms with Crippen LogP contribution in [0.5, 0.6) is 0 Å². The number of sulfone groups is 1. The molecule has 0 saturated carbocycles. The van der Waals surface area contributed by atoms with Gasteiger partial charge in [0.1, 0.15) is 0 Å².